The summed E-state index contributed by atoms with van der Waals surface area (Å²) in [5.74, 6) is 1.28. The lowest BCUT2D eigenvalue weighted by atomic mass is 10.1. The Bertz CT molecular complexity index is 605. The summed E-state index contributed by atoms with van der Waals surface area (Å²) in [6.45, 7) is 3.34. The Morgan fingerprint density at radius 3 is 3.00 bits per heavy atom. The molecule has 1 N–H and O–H groups in total. The molecule has 0 saturated carbocycles. The normalized spacial score (nSPS) is 18.9. The van der Waals surface area contributed by atoms with Gasteiger partial charge in [-0.1, -0.05) is 23.4 Å². The Balaban J connectivity index is 0.00000176. The molecule has 1 fully saturated rings. The fourth-order valence-electron chi connectivity index (χ4n) is 2.58. The first-order valence-electron chi connectivity index (χ1n) is 7.11. The molecule has 1 aromatic carbocycles. The number of rotatable bonds is 4. The molecule has 6 nitrogen and oxygen atoms in total. The van der Waals surface area contributed by atoms with E-state index in [9.17, 15) is 0 Å². The van der Waals surface area contributed by atoms with Gasteiger partial charge in [-0.05, 0) is 18.7 Å². The zero-order chi connectivity index (χ0) is 14.7. The van der Waals surface area contributed by atoms with Crippen molar-refractivity contribution < 1.29 is 9.26 Å². The molecule has 1 aliphatic heterocycles. The minimum absolute atomic E-state index is 0. The SMILES string of the molecule is COCc1ccccc1-c1nc(C2CNCCN2C)no1.Cl. The molecule has 1 aliphatic rings. The minimum Gasteiger partial charge on any atom is -0.380 e. The first kappa shape index (κ1) is 16.9. The molecule has 2 heterocycles. The maximum atomic E-state index is 5.47. The van der Waals surface area contributed by atoms with Crippen molar-refractivity contribution in [3.8, 4) is 11.5 Å². The van der Waals surface area contributed by atoms with Crippen LogP contribution in [0.3, 0.4) is 0 Å². The molecule has 7 heteroatoms. The maximum Gasteiger partial charge on any atom is 0.258 e. The Labute approximate surface area is 136 Å². The summed E-state index contributed by atoms with van der Waals surface area (Å²) in [5.41, 5.74) is 1.98. The predicted molar refractivity (Wildman–Crippen MR) is 85.9 cm³/mol. The van der Waals surface area contributed by atoms with Crippen LogP contribution in [-0.4, -0.2) is 48.8 Å². The van der Waals surface area contributed by atoms with Crippen LogP contribution in [-0.2, 0) is 11.3 Å². The first-order chi connectivity index (χ1) is 10.3. The molecule has 0 bridgehead atoms. The highest BCUT2D eigenvalue weighted by Crippen LogP contribution is 2.25. The molecule has 1 saturated heterocycles. The number of ether oxygens (including phenoxy) is 1. The van der Waals surface area contributed by atoms with E-state index in [-0.39, 0.29) is 18.4 Å². The van der Waals surface area contributed by atoms with E-state index in [1.165, 1.54) is 0 Å². The minimum atomic E-state index is 0. The number of benzene rings is 1. The second-order valence-corrected chi connectivity index (χ2v) is 5.25. The molecule has 0 radical (unpaired) electrons. The summed E-state index contributed by atoms with van der Waals surface area (Å²) in [5, 5.41) is 7.52. The van der Waals surface area contributed by atoms with Gasteiger partial charge in [0, 0.05) is 32.3 Å². The smallest absolute Gasteiger partial charge is 0.258 e. The molecular weight excluding hydrogens is 304 g/mol. The molecular formula is C15H21ClN4O2. The highest BCUT2D eigenvalue weighted by molar-refractivity contribution is 5.85. The van der Waals surface area contributed by atoms with E-state index in [2.05, 4.69) is 27.4 Å². The molecule has 1 aromatic heterocycles. The molecule has 0 aliphatic carbocycles. The van der Waals surface area contributed by atoms with Crippen molar-refractivity contribution in [2.45, 2.75) is 12.6 Å². The summed E-state index contributed by atoms with van der Waals surface area (Å²) >= 11 is 0. The Hall–Kier alpha value is -1.47. The van der Waals surface area contributed by atoms with Crippen LogP contribution in [0.25, 0.3) is 11.5 Å². The molecule has 0 spiro atoms. The molecule has 0 amide bonds. The van der Waals surface area contributed by atoms with Gasteiger partial charge in [0.25, 0.3) is 5.89 Å². The maximum absolute atomic E-state index is 5.47. The monoisotopic (exact) mass is 324 g/mol. The highest BCUT2D eigenvalue weighted by Gasteiger charge is 2.25. The summed E-state index contributed by atoms with van der Waals surface area (Å²) in [6.07, 6.45) is 0. The lowest BCUT2D eigenvalue weighted by Gasteiger charge is -2.30. The van der Waals surface area contributed by atoms with E-state index < -0.39 is 0 Å². The number of likely N-dealkylation sites (N-methyl/N-ethyl adjacent to an activating group) is 1. The van der Waals surface area contributed by atoms with Crippen molar-refractivity contribution in [2.75, 3.05) is 33.8 Å². The third-order valence-electron chi connectivity index (χ3n) is 3.80. The fraction of sp³-hybridized carbons (Fsp3) is 0.467. The van der Waals surface area contributed by atoms with Crippen molar-refractivity contribution >= 4 is 12.4 Å². The second-order valence-electron chi connectivity index (χ2n) is 5.25. The van der Waals surface area contributed by atoms with Gasteiger partial charge in [0.15, 0.2) is 5.82 Å². The van der Waals surface area contributed by atoms with E-state index >= 15 is 0 Å². The number of hydrogen-bond acceptors (Lipinski definition) is 6. The predicted octanol–water partition coefficient (Wildman–Crippen LogP) is 1.88. The van der Waals surface area contributed by atoms with Crippen molar-refractivity contribution in [2.24, 2.45) is 0 Å². The van der Waals surface area contributed by atoms with Gasteiger partial charge in [-0.15, -0.1) is 12.4 Å². The average Bonchev–Trinajstić information content (AvgIpc) is 2.98. The summed E-state index contributed by atoms with van der Waals surface area (Å²) in [7, 11) is 3.76. The van der Waals surface area contributed by atoms with E-state index in [1.54, 1.807) is 7.11 Å². The van der Waals surface area contributed by atoms with Gasteiger partial charge < -0.3 is 14.6 Å². The van der Waals surface area contributed by atoms with Crippen LogP contribution in [0.2, 0.25) is 0 Å². The number of aromatic nitrogens is 2. The summed E-state index contributed by atoms with van der Waals surface area (Å²) in [6, 6.07) is 8.09. The first-order valence-corrected chi connectivity index (χ1v) is 7.11. The van der Waals surface area contributed by atoms with Gasteiger partial charge in [0.1, 0.15) is 0 Å². The number of hydrogen-bond donors (Lipinski definition) is 1. The van der Waals surface area contributed by atoms with Gasteiger partial charge >= 0.3 is 0 Å². The fourth-order valence-corrected chi connectivity index (χ4v) is 2.58. The van der Waals surface area contributed by atoms with Gasteiger partial charge in [-0.2, -0.15) is 4.98 Å². The Morgan fingerprint density at radius 1 is 1.41 bits per heavy atom. The molecule has 120 valence electrons. The van der Waals surface area contributed by atoms with Crippen LogP contribution in [0.5, 0.6) is 0 Å². The third-order valence-corrected chi connectivity index (χ3v) is 3.80. The average molecular weight is 325 g/mol. The van der Waals surface area contributed by atoms with Crippen molar-refractivity contribution in [3.05, 3.63) is 35.7 Å². The van der Waals surface area contributed by atoms with Crippen molar-refractivity contribution in [3.63, 3.8) is 0 Å². The largest absolute Gasteiger partial charge is 0.380 e. The van der Waals surface area contributed by atoms with Crippen molar-refractivity contribution in [1.82, 2.24) is 20.4 Å². The van der Waals surface area contributed by atoms with Crippen LogP contribution >= 0.6 is 12.4 Å². The van der Waals surface area contributed by atoms with E-state index in [0.29, 0.717) is 12.5 Å². The topological polar surface area (TPSA) is 63.4 Å². The molecule has 3 rings (SSSR count). The number of piperazine rings is 1. The molecule has 1 unspecified atom stereocenters. The zero-order valence-electron chi connectivity index (χ0n) is 12.8. The Kier molecular flexibility index (Phi) is 5.90. The van der Waals surface area contributed by atoms with Gasteiger partial charge in [-0.3, -0.25) is 4.90 Å². The number of nitrogens with zero attached hydrogens (tertiary/aromatic N) is 3. The van der Waals surface area contributed by atoms with Crippen LogP contribution < -0.4 is 5.32 Å². The standard InChI is InChI=1S/C15H20N4O2.ClH/c1-19-8-7-16-9-13(19)14-17-15(21-18-14)12-6-4-3-5-11(12)10-20-2;/h3-6,13,16H,7-10H2,1-2H3;1H. The van der Waals surface area contributed by atoms with Crippen LogP contribution in [0.15, 0.2) is 28.8 Å². The van der Waals surface area contributed by atoms with Crippen LogP contribution in [0.4, 0.5) is 0 Å². The van der Waals surface area contributed by atoms with Crippen LogP contribution in [0.1, 0.15) is 17.4 Å². The number of nitrogens with one attached hydrogen (secondary N) is 1. The lowest BCUT2D eigenvalue weighted by molar-refractivity contribution is 0.185. The quantitative estimate of drug-likeness (QED) is 0.926. The molecule has 2 aromatic rings. The van der Waals surface area contributed by atoms with Crippen LogP contribution in [0, 0.1) is 0 Å². The number of halogens is 1. The van der Waals surface area contributed by atoms with E-state index in [4.69, 9.17) is 9.26 Å². The van der Waals surface area contributed by atoms with Crippen molar-refractivity contribution in [1.29, 1.82) is 0 Å². The molecule has 1 atom stereocenters. The highest BCUT2D eigenvalue weighted by atomic mass is 35.5. The van der Waals surface area contributed by atoms with Gasteiger partial charge in [0.2, 0.25) is 0 Å². The second kappa shape index (κ2) is 7.69. The Morgan fingerprint density at radius 2 is 2.23 bits per heavy atom. The van der Waals surface area contributed by atoms with Gasteiger partial charge in [-0.25, -0.2) is 0 Å². The molecule has 22 heavy (non-hydrogen) atoms. The van der Waals surface area contributed by atoms with E-state index in [1.807, 2.05) is 24.3 Å². The number of methoxy groups -OCH3 is 1. The lowest BCUT2D eigenvalue weighted by Crippen LogP contribution is -2.44. The summed E-state index contributed by atoms with van der Waals surface area (Å²) < 4.78 is 10.7. The van der Waals surface area contributed by atoms with E-state index in [0.717, 1.165) is 36.6 Å². The zero-order valence-corrected chi connectivity index (χ0v) is 13.6. The summed E-state index contributed by atoms with van der Waals surface area (Å²) in [4.78, 5) is 6.82. The third kappa shape index (κ3) is 3.47. The van der Waals surface area contributed by atoms with Gasteiger partial charge in [0.05, 0.1) is 12.6 Å².